The fourth-order valence-electron chi connectivity index (χ4n) is 2.33. The molecule has 4 atom stereocenters. The highest BCUT2D eigenvalue weighted by atomic mass is 16.6. The largest absolute Gasteiger partial charge is 0.394 e. The highest BCUT2D eigenvalue weighted by Crippen LogP contribution is 2.31. The summed E-state index contributed by atoms with van der Waals surface area (Å²) in [6.45, 7) is -0.403. The topological polar surface area (TPSA) is 130 Å². The maximum Gasteiger partial charge on any atom is 0.186 e. The third-order valence-corrected chi connectivity index (χ3v) is 3.42. The normalized spacial score (nSPS) is 29.2. The second-order valence-corrected chi connectivity index (χ2v) is 5.03. The monoisotopic (exact) mass is 296 g/mol. The number of nitrogens with zero attached hydrogens (tertiary/aromatic N) is 6. The average molecular weight is 296 g/mol. The fraction of sp³-hybridized carbons (Fsp3) is 0.636. The van der Waals surface area contributed by atoms with Crippen molar-refractivity contribution in [3.05, 3.63) is 6.33 Å². The van der Waals surface area contributed by atoms with Gasteiger partial charge in [0.1, 0.15) is 24.6 Å². The Balaban J connectivity index is 2.04. The molecule has 3 rings (SSSR count). The summed E-state index contributed by atoms with van der Waals surface area (Å²) < 4.78 is 6.71. The summed E-state index contributed by atoms with van der Waals surface area (Å²) in [5.41, 5.74) is 0.837. The Labute approximate surface area is 119 Å². The first kappa shape index (κ1) is 14.1. The van der Waals surface area contributed by atoms with E-state index in [1.54, 1.807) is 4.90 Å². The van der Waals surface area contributed by atoms with Crippen molar-refractivity contribution in [1.82, 2.24) is 25.0 Å². The van der Waals surface area contributed by atoms with Crippen molar-refractivity contribution in [2.45, 2.75) is 24.5 Å². The third-order valence-electron chi connectivity index (χ3n) is 3.42. The van der Waals surface area contributed by atoms with Crippen molar-refractivity contribution in [2.24, 2.45) is 0 Å². The van der Waals surface area contributed by atoms with Gasteiger partial charge in [-0.25, -0.2) is 9.97 Å². The number of ether oxygens (including phenoxy) is 1. The summed E-state index contributed by atoms with van der Waals surface area (Å²) in [6.07, 6.45) is -2.91. The first-order valence-electron chi connectivity index (χ1n) is 6.40. The molecule has 1 aliphatic rings. The zero-order chi connectivity index (χ0) is 15.1. The van der Waals surface area contributed by atoms with Crippen LogP contribution in [0.15, 0.2) is 6.33 Å². The molecule has 3 N–H and O–H groups in total. The lowest BCUT2D eigenvalue weighted by molar-refractivity contribution is -0.0574. The van der Waals surface area contributed by atoms with Gasteiger partial charge >= 0.3 is 0 Å². The molecule has 0 radical (unpaired) electrons. The zero-order valence-corrected chi connectivity index (χ0v) is 11.5. The second kappa shape index (κ2) is 5.15. The Morgan fingerprint density at radius 2 is 2.05 bits per heavy atom. The van der Waals surface area contributed by atoms with Gasteiger partial charge in [0.15, 0.2) is 23.2 Å². The minimum Gasteiger partial charge on any atom is -0.394 e. The minimum atomic E-state index is -1.23. The van der Waals surface area contributed by atoms with Gasteiger partial charge in [-0.2, -0.15) is 4.68 Å². The van der Waals surface area contributed by atoms with E-state index in [2.05, 4.69) is 20.3 Å². The lowest BCUT2D eigenvalue weighted by Crippen LogP contribution is -2.33. The number of aromatic nitrogens is 5. The Hall–Kier alpha value is -1.88. The van der Waals surface area contributed by atoms with Crippen LogP contribution in [0.4, 0.5) is 5.82 Å². The Morgan fingerprint density at radius 3 is 2.67 bits per heavy atom. The van der Waals surface area contributed by atoms with Gasteiger partial charge in [0.05, 0.1) is 6.61 Å². The first-order valence-corrected chi connectivity index (χ1v) is 6.40. The molecule has 10 heteroatoms. The van der Waals surface area contributed by atoms with Crippen LogP contribution in [0, 0.1) is 0 Å². The lowest BCUT2D eigenvalue weighted by atomic mass is 10.1. The predicted octanol–water partition coefficient (Wildman–Crippen LogP) is -2.10. The smallest absolute Gasteiger partial charge is 0.186 e. The molecule has 0 spiro atoms. The molecule has 21 heavy (non-hydrogen) atoms. The van der Waals surface area contributed by atoms with Crippen LogP contribution < -0.4 is 4.90 Å². The van der Waals surface area contributed by atoms with Crippen LogP contribution in [0.25, 0.3) is 11.2 Å². The summed E-state index contributed by atoms with van der Waals surface area (Å²) in [5.74, 6) is 0.581. The van der Waals surface area contributed by atoms with Crippen LogP contribution in [-0.2, 0) is 4.74 Å². The first-order chi connectivity index (χ1) is 10.0. The number of hydrogen-bond acceptors (Lipinski definition) is 9. The van der Waals surface area contributed by atoms with Crippen molar-refractivity contribution in [3.8, 4) is 0 Å². The summed E-state index contributed by atoms with van der Waals surface area (Å²) in [7, 11) is 3.63. The lowest BCUT2D eigenvalue weighted by Gasteiger charge is -2.15. The number of hydrogen-bond donors (Lipinski definition) is 3. The molecule has 4 unspecified atom stereocenters. The quantitative estimate of drug-likeness (QED) is 0.583. The van der Waals surface area contributed by atoms with Gasteiger partial charge in [-0.3, -0.25) is 0 Å². The van der Waals surface area contributed by atoms with E-state index < -0.39 is 31.1 Å². The summed E-state index contributed by atoms with van der Waals surface area (Å²) in [4.78, 5) is 9.99. The van der Waals surface area contributed by atoms with Gasteiger partial charge in [-0.05, 0) is 0 Å². The summed E-state index contributed by atoms with van der Waals surface area (Å²) >= 11 is 0. The number of fused-ring (bicyclic) bond motifs is 1. The molecule has 1 fully saturated rings. The molecular formula is C11H16N6O4. The van der Waals surface area contributed by atoms with Gasteiger partial charge in [0, 0.05) is 14.1 Å². The highest BCUT2D eigenvalue weighted by Gasteiger charge is 2.44. The van der Waals surface area contributed by atoms with E-state index in [0.29, 0.717) is 17.0 Å². The molecular weight excluding hydrogens is 280 g/mol. The number of aliphatic hydroxyl groups is 3. The summed E-state index contributed by atoms with van der Waals surface area (Å²) in [6, 6.07) is 0. The van der Waals surface area contributed by atoms with Gasteiger partial charge in [0.2, 0.25) is 0 Å². The molecule has 1 aliphatic heterocycles. The van der Waals surface area contributed by atoms with E-state index in [9.17, 15) is 10.2 Å². The SMILES string of the molecule is CN(C)c1ncnc2c1nnn2C1OC(CO)C(O)C1O. The van der Waals surface area contributed by atoms with Crippen LogP contribution in [0.2, 0.25) is 0 Å². The van der Waals surface area contributed by atoms with Crippen molar-refractivity contribution in [1.29, 1.82) is 0 Å². The zero-order valence-electron chi connectivity index (χ0n) is 11.5. The standard InChI is InChI=1S/C11H16N6O4/c1-16(2)9-6-10(13-4-12-9)17(15-14-6)11-8(20)7(19)5(3-18)21-11/h4-5,7-8,11,18-20H,3H2,1-2H3. The average Bonchev–Trinajstić information content (AvgIpc) is 3.01. The van der Waals surface area contributed by atoms with Crippen molar-refractivity contribution in [2.75, 3.05) is 25.6 Å². The van der Waals surface area contributed by atoms with Crippen LogP contribution in [-0.4, -0.2) is 79.3 Å². The predicted molar refractivity (Wildman–Crippen MR) is 70.5 cm³/mol. The molecule has 0 aromatic carbocycles. The Bertz CT molecular complexity index is 647. The van der Waals surface area contributed by atoms with E-state index in [-0.39, 0.29) is 0 Å². The minimum absolute atomic E-state index is 0.378. The van der Waals surface area contributed by atoms with E-state index >= 15 is 0 Å². The molecule has 0 saturated carbocycles. The number of anilines is 1. The molecule has 3 heterocycles. The van der Waals surface area contributed by atoms with Crippen LogP contribution in [0.3, 0.4) is 0 Å². The molecule has 0 aliphatic carbocycles. The number of rotatable bonds is 3. The van der Waals surface area contributed by atoms with E-state index in [0.717, 1.165) is 0 Å². The van der Waals surface area contributed by atoms with Crippen molar-refractivity contribution >= 4 is 17.0 Å². The van der Waals surface area contributed by atoms with Gasteiger partial charge in [-0.15, -0.1) is 5.10 Å². The molecule has 1 saturated heterocycles. The Morgan fingerprint density at radius 1 is 1.29 bits per heavy atom. The van der Waals surface area contributed by atoms with Gasteiger partial charge < -0.3 is 25.0 Å². The maximum atomic E-state index is 10.0. The van der Waals surface area contributed by atoms with Crippen LogP contribution in [0.1, 0.15) is 6.23 Å². The van der Waals surface area contributed by atoms with Crippen molar-refractivity contribution < 1.29 is 20.1 Å². The van der Waals surface area contributed by atoms with E-state index in [4.69, 9.17) is 9.84 Å². The molecule has 2 aromatic rings. The molecule has 0 amide bonds. The molecule has 0 bridgehead atoms. The van der Waals surface area contributed by atoms with Crippen LogP contribution >= 0.6 is 0 Å². The third kappa shape index (κ3) is 2.12. The van der Waals surface area contributed by atoms with Gasteiger partial charge in [0.25, 0.3) is 0 Å². The second-order valence-electron chi connectivity index (χ2n) is 5.03. The van der Waals surface area contributed by atoms with Gasteiger partial charge in [-0.1, -0.05) is 5.21 Å². The van der Waals surface area contributed by atoms with Crippen molar-refractivity contribution in [3.63, 3.8) is 0 Å². The summed E-state index contributed by atoms with van der Waals surface area (Å²) in [5, 5.41) is 36.9. The molecule has 10 nitrogen and oxygen atoms in total. The Kier molecular flexibility index (Phi) is 3.45. The van der Waals surface area contributed by atoms with E-state index in [1.165, 1.54) is 11.0 Å². The molecule has 2 aromatic heterocycles. The molecule has 114 valence electrons. The number of aliphatic hydroxyl groups excluding tert-OH is 3. The van der Waals surface area contributed by atoms with E-state index in [1.807, 2.05) is 14.1 Å². The fourth-order valence-corrected chi connectivity index (χ4v) is 2.33. The highest BCUT2D eigenvalue weighted by molar-refractivity contribution is 5.82. The maximum absolute atomic E-state index is 10.0. The van der Waals surface area contributed by atoms with Crippen LogP contribution in [0.5, 0.6) is 0 Å².